The summed E-state index contributed by atoms with van der Waals surface area (Å²) in [4.78, 5) is 27.0. The Morgan fingerprint density at radius 2 is 1.83 bits per heavy atom. The molecule has 188 valence electrons. The zero-order valence-electron chi connectivity index (χ0n) is 21.0. The Morgan fingerprint density at radius 3 is 2.56 bits per heavy atom. The number of carbonyl (C=O) groups is 1. The Bertz CT molecular complexity index is 1320. The van der Waals surface area contributed by atoms with Gasteiger partial charge in [-0.2, -0.15) is 9.97 Å². The van der Waals surface area contributed by atoms with E-state index in [-0.39, 0.29) is 24.0 Å². The molecule has 1 aliphatic rings. The van der Waals surface area contributed by atoms with E-state index >= 15 is 0 Å². The van der Waals surface area contributed by atoms with Crippen LogP contribution in [0.15, 0.2) is 48.1 Å². The van der Waals surface area contributed by atoms with Gasteiger partial charge in [-0.25, -0.2) is 4.98 Å². The highest BCUT2D eigenvalue weighted by molar-refractivity contribution is 7.13. The Morgan fingerprint density at radius 1 is 1.08 bits per heavy atom. The lowest BCUT2D eigenvalue weighted by Gasteiger charge is -2.29. The zero-order valence-corrected chi connectivity index (χ0v) is 21.8. The maximum absolute atomic E-state index is 11.4. The largest absolute Gasteiger partial charge is 0.364 e. The molecule has 3 heterocycles. The van der Waals surface area contributed by atoms with Gasteiger partial charge in [-0.3, -0.25) is 4.79 Å². The number of nitrogens with one attached hydrogen (secondary N) is 3. The van der Waals surface area contributed by atoms with Crippen LogP contribution in [0.3, 0.4) is 0 Å². The van der Waals surface area contributed by atoms with Crippen molar-refractivity contribution in [3.05, 3.63) is 53.7 Å². The summed E-state index contributed by atoms with van der Waals surface area (Å²) in [6, 6.07) is 13.4. The van der Waals surface area contributed by atoms with Crippen molar-refractivity contribution in [3.8, 4) is 10.4 Å². The van der Waals surface area contributed by atoms with Crippen LogP contribution in [0, 0.1) is 0 Å². The van der Waals surface area contributed by atoms with Gasteiger partial charge < -0.3 is 20.5 Å². The molecular formula is C27H33N7OS. The molecule has 3 N–H and O–H groups in total. The van der Waals surface area contributed by atoms with Gasteiger partial charge in [-0.05, 0) is 62.1 Å². The van der Waals surface area contributed by atoms with Crippen LogP contribution in [-0.4, -0.2) is 37.5 Å². The molecule has 8 nitrogen and oxygen atoms in total. The van der Waals surface area contributed by atoms with Gasteiger partial charge in [0, 0.05) is 36.5 Å². The van der Waals surface area contributed by atoms with Crippen molar-refractivity contribution in [2.75, 3.05) is 10.6 Å². The van der Waals surface area contributed by atoms with Crippen molar-refractivity contribution in [2.45, 2.75) is 71.1 Å². The van der Waals surface area contributed by atoms with E-state index in [2.05, 4.69) is 75.1 Å². The van der Waals surface area contributed by atoms with E-state index in [0.717, 1.165) is 42.7 Å². The van der Waals surface area contributed by atoms with Gasteiger partial charge in [0.15, 0.2) is 17.0 Å². The first kappa shape index (κ1) is 24.2. The number of rotatable bonds is 8. The SMILES string of the molecule is CC(=O)NC1CCC(Nc2nc(NCc3ccsc3-c3ccccc3)c3ncn(C(C)C)c3n2)CC1. The number of imidazole rings is 1. The summed E-state index contributed by atoms with van der Waals surface area (Å²) in [6.45, 7) is 6.49. The molecule has 0 saturated heterocycles. The standard InChI is InChI=1S/C27H33N7OS/c1-17(2)34-16-29-23-25(28-15-20-13-14-36-24(20)19-7-5-4-6-8-19)32-27(33-26(23)34)31-22-11-9-21(10-12-22)30-18(3)35/h4-8,13-14,16-17,21-22H,9-12,15H2,1-3H3,(H,30,35)(H2,28,31,32,33). The van der Waals surface area contributed by atoms with E-state index < -0.39 is 0 Å². The van der Waals surface area contributed by atoms with Gasteiger partial charge in [-0.15, -0.1) is 11.3 Å². The van der Waals surface area contributed by atoms with Crippen LogP contribution in [0.4, 0.5) is 11.8 Å². The Hall–Kier alpha value is -3.46. The predicted octanol–water partition coefficient (Wildman–Crippen LogP) is 5.61. The maximum Gasteiger partial charge on any atom is 0.227 e. The van der Waals surface area contributed by atoms with E-state index in [0.29, 0.717) is 12.5 Å². The van der Waals surface area contributed by atoms with Crippen molar-refractivity contribution in [1.82, 2.24) is 24.8 Å². The van der Waals surface area contributed by atoms with Crippen molar-refractivity contribution in [3.63, 3.8) is 0 Å². The van der Waals surface area contributed by atoms with E-state index in [9.17, 15) is 4.79 Å². The first-order valence-electron chi connectivity index (χ1n) is 12.6. The van der Waals surface area contributed by atoms with Gasteiger partial charge in [0.05, 0.1) is 6.33 Å². The van der Waals surface area contributed by atoms with Crippen LogP contribution >= 0.6 is 11.3 Å². The number of thiophene rings is 1. The van der Waals surface area contributed by atoms with E-state index in [1.54, 1.807) is 18.3 Å². The van der Waals surface area contributed by atoms with Crippen LogP contribution in [0.2, 0.25) is 0 Å². The number of carbonyl (C=O) groups excluding carboxylic acids is 1. The van der Waals surface area contributed by atoms with Crippen LogP contribution in [-0.2, 0) is 11.3 Å². The number of anilines is 2. The number of hydrogen-bond acceptors (Lipinski definition) is 7. The highest BCUT2D eigenvalue weighted by atomic mass is 32.1. The molecule has 4 aromatic rings. The molecule has 0 bridgehead atoms. The summed E-state index contributed by atoms with van der Waals surface area (Å²) in [6.07, 6.45) is 5.68. The molecule has 1 amide bonds. The second-order valence-electron chi connectivity index (χ2n) is 9.70. The topological polar surface area (TPSA) is 96.8 Å². The van der Waals surface area contributed by atoms with Gasteiger partial charge >= 0.3 is 0 Å². The summed E-state index contributed by atoms with van der Waals surface area (Å²) in [5.41, 5.74) is 4.05. The minimum atomic E-state index is 0.0406. The fourth-order valence-electron chi connectivity index (χ4n) is 4.83. The number of benzene rings is 1. The van der Waals surface area contributed by atoms with Gasteiger partial charge in [0.2, 0.25) is 11.9 Å². The Labute approximate surface area is 215 Å². The summed E-state index contributed by atoms with van der Waals surface area (Å²) in [7, 11) is 0. The number of nitrogens with zero attached hydrogens (tertiary/aromatic N) is 4. The van der Waals surface area contributed by atoms with Crippen molar-refractivity contribution in [2.24, 2.45) is 0 Å². The third-order valence-corrected chi connectivity index (χ3v) is 7.68. The second kappa shape index (κ2) is 10.7. The Balaban J connectivity index is 1.37. The normalized spacial score (nSPS) is 17.9. The third-order valence-electron chi connectivity index (χ3n) is 6.67. The number of fused-ring (bicyclic) bond motifs is 1. The lowest BCUT2D eigenvalue weighted by Crippen LogP contribution is -2.39. The molecule has 1 fully saturated rings. The molecule has 1 aliphatic carbocycles. The average molecular weight is 504 g/mol. The van der Waals surface area contributed by atoms with Gasteiger partial charge in [0.1, 0.15) is 0 Å². The monoisotopic (exact) mass is 503 g/mol. The fraction of sp³-hybridized carbons (Fsp3) is 0.407. The average Bonchev–Trinajstić information content (AvgIpc) is 3.51. The molecule has 0 unspecified atom stereocenters. The van der Waals surface area contributed by atoms with Crippen molar-refractivity contribution >= 4 is 40.2 Å². The molecule has 0 radical (unpaired) electrons. The zero-order chi connectivity index (χ0) is 25.1. The Kier molecular flexibility index (Phi) is 7.18. The second-order valence-corrected chi connectivity index (χ2v) is 10.6. The summed E-state index contributed by atoms with van der Waals surface area (Å²) >= 11 is 1.75. The van der Waals surface area contributed by atoms with Crippen LogP contribution < -0.4 is 16.0 Å². The minimum absolute atomic E-state index is 0.0406. The van der Waals surface area contributed by atoms with Crippen molar-refractivity contribution < 1.29 is 4.79 Å². The number of hydrogen-bond donors (Lipinski definition) is 3. The summed E-state index contributed by atoms with van der Waals surface area (Å²) in [5.74, 6) is 1.39. The molecule has 3 aromatic heterocycles. The molecule has 0 aliphatic heterocycles. The van der Waals surface area contributed by atoms with Gasteiger partial charge in [0.25, 0.3) is 0 Å². The van der Waals surface area contributed by atoms with Crippen LogP contribution in [0.5, 0.6) is 0 Å². The molecule has 0 atom stereocenters. The van der Waals surface area contributed by atoms with Gasteiger partial charge in [-0.1, -0.05) is 30.3 Å². The predicted molar refractivity (Wildman–Crippen MR) is 146 cm³/mol. The lowest BCUT2D eigenvalue weighted by atomic mass is 9.91. The molecule has 5 rings (SSSR count). The smallest absolute Gasteiger partial charge is 0.227 e. The van der Waals surface area contributed by atoms with E-state index in [1.165, 1.54) is 16.0 Å². The molecule has 0 spiro atoms. The first-order valence-corrected chi connectivity index (χ1v) is 13.5. The highest BCUT2D eigenvalue weighted by Crippen LogP contribution is 2.31. The third kappa shape index (κ3) is 5.36. The molecule has 1 saturated carbocycles. The summed E-state index contributed by atoms with van der Waals surface area (Å²) in [5, 5.41) is 12.3. The maximum atomic E-state index is 11.4. The van der Waals surface area contributed by atoms with E-state index in [4.69, 9.17) is 9.97 Å². The number of amides is 1. The summed E-state index contributed by atoms with van der Waals surface area (Å²) < 4.78 is 2.08. The highest BCUT2D eigenvalue weighted by Gasteiger charge is 2.23. The van der Waals surface area contributed by atoms with Crippen LogP contribution in [0.25, 0.3) is 21.6 Å². The first-order chi connectivity index (χ1) is 17.5. The molecule has 36 heavy (non-hydrogen) atoms. The lowest BCUT2D eigenvalue weighted by molar-refractivity contribution is -0.119. The van der Waals surface area contributed by atoms with Crippen molar-refractivity contribution in [1.29, 1.82) is 0 Å². The molecule has 9 heteroatoms. The number of aromatic nitrogens is 4. The quantitative estimate of drug-likeness (QED) is 0.289. The van der Waals surface area contributed by atoms with Crippen LogP contribution in [0.1, 0.15) is 58.1 Å². The fourth-order valence-corrected chi connectivity index (χ4v) is 5.76. The molecule has 1 aromatic carbocycles. The van der Waals surface area contributed by atoms with E-state index in [1.807, 2.05) is 12.4 Å². The minimum Gasteiger partial charge on any atom is -0.364 e. The molecular weight excluding hydrogens is 470 g/mol.